The first kappa shape index (κ1) is 19.6. The zero-order valence-electron chi connectivity index (χ0n) is 17.1. The van der Waals surface area contributed by atoms with Crippen LogP contribution in [0, 0.1) is 0 Å². The molecular formula is C22H22N4O4S. The number of nitrogens with zero attached hydrogens (tertiary/aromatic N) is 4. The summed E-state index contributed by atoms with van der Waals surface area (Å²) in [6, 6.07) is 13.1. The van der Waals surface area contributed by atoms with E-state index in [4.69, 9.17) is 14.1 Å². The second-order valence-electron chi connectivity index (χ2n) is 7.32. The Morgan fingerprint density at radius 3 is 2.74 bits per heavy atom. The monoisotopic (exact) mass is 438 g/mol. The van der Waals surface area contributed by atoms with E-state index in [1.165, 1.54) is 4.57 Å². The van der Waals surface area contributed by atoms with Gasteiger partial charge in [0.05, 0.1) is 16.8 Å². The second-order valence-corrected chi connectivity index (χ2v) is 8.33. The molecule has 0 N–H and O–H groups in total. The summed E-state index contributed by atoms with van der Waals surface area (Å²) in [5.41, 5.74) is 2.01. The highest BCUT2D eigenvalue weighted by Gasteiger charge is 2.25. The molecule has 160 valence electrons. The predicted molar refractivity (Wildman–Crippen MR) is 120 cm³/mol. The Bertz CT molecular complexity index is 1300. The van der Waals surface area contributed by atoms with Gasteiger partial charge in [0.2, 0.25) is 5.91 Å². The third-order valence-corrected chi connectivity index (χ3v) is 6.52. The molecule has 2 aromatic heterocycles. The number of hydrogen-bond donors (Lipinski definition) is 0. The van der Waals surface area contributed by atoms with E-state index in [0.717, 1.165) is 21.1 Å². The van der Waals surface area contributed by atoms with Crippen molar-refractivity contribution in [2.75, 3.05) is 37.7 Å². The smallest absolute Gasteiger partial charge is 0.420 e. The van der Waals surface area contributed by atoms with Gasteiger partial charge in [-0.15, -0.1) is 0 Å². The minimum absolute atomic E-state index is 0.0191. The van der Waals surface area contributed by atoms with E-state index in [2.05, 4.69) is 4.90 Å². The predicted octanol–water partition coefficient (Wildman–Crippen LogP) is 2.95. The molecule has 8 nitrogen and oxygen atoms in total. The molecule has 0 bridgehead atoms. The molecule has 3 heterocycles. The van der Waals surface area contributed by atoms with Gasteiger partial charge < -0.3 is 19.0 Å². The number of amides is 1. The zero-order chi connectivity index (χ0) is 21.4. The van der Waals surface area contributed by atoms with Crippen LogP contribution in [0.2, 0.25) is 0 Å². The van der Waals surface area contributed by atoms with Crippen LogP contribution in [0.25, 0.3) is 21.3 Å². The molecular weight excluding hydrogens is 416 g/mol. The van der Waals surface area contributed by atoms with E-state index in [-0.39, 0.29) is 12.5 Å². The van der Waals surface area contributed by atoms with Gasteiger partial charge in [-0.25, -0.2) is 9.78 Å². The summed E-state index contributed by atoms with van der Waals surface area (Å²) >= 11 is 1.63. The van der Waals surface area contributed by atoms with E-state index in [0.29, 0.717) is 43.9 Å². The summed E-state index contributed by atoms with van der Waals surface area (Å²) in [6.07, 6.45) is 0. The first-order valence-electron chi connectivity index (χ1n) is 10.3. The van der Waals surface area contributed by atoms with Gasteiger partial charge in [-0.2, -0.15) is 0 Å². The van der Waals surface area contributed by atoms with Crippen LogP contribution in [0.5, 0.6) is 5.75 Å². The second kappa shape index (κ2) is 8.07. The molecule has 1 aliphatic heterocycles. The average Bonchev–Trinajstić information content (AvgIpc) is 3.36. The van der Waals surface area contributed by atoms with Crippen molar-refractivity contribution in [3.8, 4) is 5.75 Å². The molecule has 0 spiro atoms. The number of hydrogen-bond acceptors (Lipinski definition) is 7. The van der Waals surface area contributed by atoms with Crippen molar-refractivity contribution in [3.63, 3.8) is 0 Å². The number of fused-ring (bicyclic) bond motifs is 2. The quantitative estimate of drug-likeness (QED) is 0.477. The fourth-order valence-electron chi connectivity index (χ4n) is 3.86. The summed E-state index contributed by atoms with van der Waals surface area (Å²) < 4.78 is 13.4. The Balaban J connectivity index is 1.27. The first-order chi connectivity index (χ1) is 15.1. The van der Waals surface area contributed by atoms with Crippen LogP contribution >= 0.6 is 11.3 Å². The number of rotatable bonds is 5. The van der Waals surface area contributed by atoms with E-state index in [1.807, 2.05) is 31.2 Å². The lowest BCUT2D eigenvalue weighted by Crippen LogP contribution is -2.50. The third-order valence-electron chi connectivity index (χ3n) is 5.44. The highest BCUT2D eigenvalue weighted by atomic mass is 32.1. The molecule has 0 unspecified atom stereocenters. The maximum Gasteiger partial charge on any atom is 0.420 e. The number of carbonyl (C=O) groups excluding carboxylic acids is 1. The van der Waals surface area contributed by atoms with Crippen molar-refractivity contribution in [1.29, 1.82) is 0 Å². The van der Waals surface area contributed by atoms with Crippen LogP contribution in [0.15, 0.2) is 51.7 Å². The molecule has 2 aromatic carbocycles. The lowest BCUT2D eigenvalue weighted by molar-refractivity contribution is -0.132. The van der Waals surface area contributed by atoms with Crippen LogP contribution in [0.3, 0.4) is 0 Å². The minimum Gasteiger partial charge on any atom is -0.492 e. The third kappa shape index (κ3) is 3.65. The van der Waals surface area contributed by atoms with Gasteiger partial charge in [0.15, 0.2) is 10.7 Å². The number of anilines is 1. The van der Waals surface area contributed by atoms with Crippen molar-refractivity contribution in [2.24, 2.45) is 0 Å². The van der Waals surface area contributed by atoms with Gasteiger partial charge >= 0.3 is 5.76 Å². The fourth-order valence-corrected chi connectivity index (χ4v) is 4.90. The normalized spacial score (nSPS) is 14.5. The SMILES string of the molecule is CCOc1cccc2sc(N3CCN(C(=O)Cn4c(=O)oc5ccccc54)CC3)nc12. The summed E-state index contributed by atoms with van der Waals surface area (Å²) in [6.45, 7) is 5.08. The molecule has 0 saturated carbocycles. The van der Waals surface area contributed by atoms with E-state index in [1.54, 1.807) is 34.4 Å². The van der Waals surface area contributed by atoms with Gasteiger partial charge in [-0.05, 0) is 31.2 Å². The Morgan fingerprint density at radius 1 is 1.13 bits per heavy atom. The number of para-hydroxylation sites is 3. The molecule has 1 fully saturated rings. The standard InChI is InChI=1S/C22H22N4O4S/c1-2-29-17-8-5-9-18-20(17)23-21(31-18)25-12-10-24(11-13-25)19(27)14-26-15-6-3-4-7-16(15)30-22(26)28/h3-9H,2,10-14H2,1H3. The molecule has 1 aliphatic rings. The Labute approximate surface area is 182 Å². The first-order valence-corrected chi connectivity index (χ1v) is 11.1. The van der Waals surface area contributed by atoms with Gasteiger partial charge in [0.1, 0.15) is 17.8 Å². The lowest BCUT2D eigenvalue weighted by atomic mass is 10.3. The molecule has 31 heavy (non-hydrogen) atoms. The van der Waals surface area contributed by atoms with Crippen LogP contribution < -0.4 is 15.4 Å². The number of thiazole rings is 1. The van der Waals surface area contributed by atoms with Crippen LogP contribution in [0.1, 0.15) is 6.92 Å². The summed E-state index contributed by atoms with van der Waals surface area (Å²) in [7, 11) is 0. The van der Waals surface area contributed by atoms with Gasteiger partial charge in [0, 0.05) is 26.2 Å². The zero-order valence-corrected chi connectivity index (χ0v) is 17.9. The maximum absolute atomic E-state index is 12.8. The molecule has 9 heteroatoms. The number of aromatic nitrogens is 2. The number of benzene rings is 2. The Hall–Kier alpha value is -3.33. The lowest BCUT2D eigenvalue weighted by Gasteiger charge is -2.34. The number of piperazine rings is 1. The summed E-state index contributed by atoms with van der Waals surface area (Å²) in [5, 5.41) is 0.936. The fraction of sp³-hybridized carbons (Fsp3) is 0.318. The number of ether oxygens (including phenoxy) is 1. The Kier molecular flexibility index (Phi) is 5.11. The van der Waals surface area contributed by atoms with Crippen molar-refractivity contribution in [1.82, 2.24) is 14.5 Å². The largest absolute Gasteiger partial charge is 0.492 e. The van der Waals surface area contributed by atoms with Gasteiger partial charge in [-0.3, -0.25) is 9.36 Å². The molecule has 0 aliphatic carbocycles. The van der Waals surface area contributed by atoms with E-state index >= 15 is 0 Å². The highest BCUT2D eigenvalue weighted by molar-refractivity contribution is 7.22. The van der Waals surface area contributed by atoms with E-state index < -0.39 is 5.76 Å². The Morgan fingerprint density at radius 2 is 1.94 bits per heavy atom. The van der Waals surface area contributed by atoms with Crippen LogP contribution in [-0.2, 0) is 11.3 Å². The maximum atomic E-state index is 12.8. The van der Waals surface area contributed by atoms with Crippen molar-refractivity contribution in [2.45, 2.75) is 13.5 Å². The van der Waals surface area contributed by atoms with Crippen molar-refractivity contribution in [3.05, 3.63) is 53.0 Å². The molecule has 5 rings (SSSR count). The van der Waals surface area contributed by atoms with Crippen LogP contribution in [0.4, 0.5) is 5.13 Å². The topological polar surface area (TPSA) is 80.8 Å². The number of oxazole rings is 1. The molecule has 1 saturated heterocycles. The minimum atomic E-state index is -0.507. The molecule has 0 atom stereocenters. The molecule has 1 amide bonds. The average molecular weight is 439 g/mol. The van der Waals surface area contributed by atoms with Crippen molar-refractivity contribution < 1.29 is 13.9 Å². The molecule has 4 aromatic rings. The van der Waals surface area contributed by atoms with E-state index in [9.17, 15) is 9.59 Å². The summed E-state index contributed by atoms with van der Waals surface area (Å²) in [4.78, 5) is 33.8. The van der Waals surface area contributed by atoms with Gasteiger partial charge in [0.25, 0.3) is 0 Å². The van der Waals surface area contributed by atoms with Crippen molar-refractivity contribution >= 4 is 43.7 Å². The molecule has 0 radical (unpaired) electrons. The number of carbonyl (C=O) groups is 1. The van der Waals surface area contributed by atoms with Crippen LogP contribution in [-0.4, -0.2) is 53.1 Å². The summed E-state index contributed by atoms with van der Waals surface area (Å²) in [5.74, 6) is 0.207. The van der Waals surface area contributed by atoms with Gasteiger partial charge in [-0.1, -0.05) is 29.5 Å². The highest BCUT2D eigenvalue weighted by Crippen LogP contribution is 2.34.